The van der Waals surface area contributed by atoms with Crippen LogP contribution < -0.4 is 5.73 Å². The van der Waals surface area contributed by atoms with Crippen LogP contribution in [0, 0.1) is 0 Å². The van der Waals surface area contributed by atoms with Crippen LogP contribution >= 0.6 is 22.5 Å². The Morgan fingerprint density at radius 2 is 2.57 bits per heavy atom. The standard InChI is InChI=1S/C3H6N2S2/c1-3(7-6)5-2-4/h2,6H,1H2,(H2,4,5). The van der Waals surface area contributed by atoms with Crippen molar-refractivity contribution >= 4 is 28.8 Å². The van der Waals surface area contributed by atoms with Gasteiger partial charge in [0.25, 0.3) is 0 Å². The summed E-state index contributed by atoms with van der Waals surface area (Å²) in [6.45, 7) is 3.47. The van der Waals surface area contributed by atoms with Crippen molar-refractivity contribution in [2.45, 2.75) is 0 Å². The van der Waals surface area contributed by atoms with Gasteiger partial charge in [0.15, 0.2) is 0 Å². The maximum atomic E-state index is 4.91. The monoisotopic (exact) mass is 134 g/mol. The van der Waals surface area contributed by atoms with E-state index in [0.717, 1.165) is 0 Å². The molecule has 0 aromatic rings. The molecule has 0 saturated heterocycles. The summed E-state index contributed by atoms with van der Waals surface area (Å²) in [6.07, 6.45) is 1.19. The van der Waals surface area contributed by atoms with E-state index in [2.05, 4.69) is 23.2 Å². The van der Waals surface area contributed by atoms with Crippen LogP contribution in [0.5, 0.6) is 0 Å². The van der Waals surface area contributed by atoms with E-state index in [4.69, 9.17) is 5.73 Å². The summed E-state index contributed by atoms with van der Waals surface area (Å²) in [4.78, 5) is 3.59. The summed E-state index contributed by atoms with van der Waals surface area (Å²) in [6, 6.07) is 0. The van der Waals surface area contributed by atoms with Gasteiger partial charge in [-0.2, -0.15) is 0 Å². The van der Waals surface area contributed by atoms with Crippen molar-refractivity contribution < 1.29 is 0 Å². The quantitative estimate of drug-likeness (QED) is 0.256. The lowest BCUT2D eigenvalue weighted by atomic mass is 11.0. The highest BCUT2D eigenvalue weighted by atomic mass is 33.1. The number of hydrogen-bond acceptors (Lipinski definition) is 3. The molecular formula is C3H6N2S2. The van der Waals surface area contributed by atoms with Crippen molar-refractivity contribution in [2.75, 3.05) is 0 Å². The number of nitrogens with zero attached hydrogens (tertiary/aromatic N) is 1. The Morgan fingerprint density at radius 3 is 2.71 bits per heavy atom. The van der Waals surface area contributed by atoms with Crippen molar-refractivity contribution in [3.05, 3.63) is 11.6 Å². The average Bonchev–Trinajstić information content (AvgIpc) is 1.68. The fourth-order valence-corrected chi connectivity index (χ4v) is 0.356. The van der Waals surface area contributed by atoms with Gasteiger partial charge in [-0.05, 0) is 10.8 Å². The average molecular weight is 134 g/mol. The zero-order valence-electron chi connectivity index (χ0n) is 3.66. The van der Waals surface area contributed by atoms with Crippen molar-refractivity contribution in [3.8, 4) is 0 Å². The van der Waals surface area contributed by atoms with E-state index in [9.17, 15) is 0 Å². The first-order valence-electron chi connectivity index (χ1n) is 1.56. The summed E-state index contributed by atoms with van der Waals surface area (Å²) in [5, 5.41) is 0.603. The maximum absolute atomic E-state index is 4.91. The maximum Gasteiger partial charge on any atom is 0.101 e. The molecule has 0 aromatic carbocycles. The van der Waals surface area contributed by atoms with E-state index in [0.29, 0.717) is 5.03 Å². The molecule has 40 valence electrons. The van der Waals surface area contributed by atoms with Crippen molar-refractivity contribution in [1.29, 1.82) is 0 Å². The van der Waals surface area contributed by atoms with E-state index in [1.165, 1.54) is 17.1 Å². The molecule has 0 aliphatic carbocycles. The summed E-state index contributed by atoms with van der Waals surface area (Å²) in [7, 11) is 1.17. The van der Waals surface area contributed by atoms with Gasteiger partial charge < -0.3 is 5.73 Å². The largest absolute Gasteiger partial charge is 0.390 e. The third-order valence-corrected chi connectivity index (χ3v) is 1.27. The summed E-state index contributed by atoms with van der Waals surface area (Å²) in [5.74, 6) is 0. The van der Waals surface area contributed by atoms with Gasteiger partial charge in [0.2, 0.25) is 0 Å². The summed E-state index contributed by atoms with van der Waals surface area (Å²) in [5.41, 5.74) is 4.91. The molecule has 2 nitrogen and oxygen atoms in total. The fourth-order valence-electron chi connectivity index (χ4n) is 0.107. The number of thiol groups is 1. The zero-order valence-corrected chi connectivity index (χ0v) is 5.38. The zero-order chi connectivity index (χ0) is 5.70. The minimum absolute atomic E-state index is 0.603. The molecule has 0 amide bonds. The molecule has 0 aliphatic heterocycles. The molecule has 7 heavy (non-hydrogen) atoms. The number of hydrogen-bond donors (Lipinski definition) is 2. The minimum atomic E-state index is 0.603. The van der Waals surface area contributed by atoms with Crippen LogP contribution in [0.15, 0.2) is 16.6 Å². The van der Waals surface area contributed by atoms with Crippen LogP contribution in [-0.2, 0) is 0 Å². The molecular weight excluding hydrogens is 128 g/mol. The third kappa shape index (κ3) is 3.75. The van der Waals surface area contributed by atoms with Gasteiger partial charge in [-0.25, -0.2) is 4.99 Å². The fraction of sp³-hybridized carbons (Fsp3) is 0. The predicted octanol–water partition coefficient (Wildman–Crippen LogP) is 1.02. The van der Waals surface area contributed by atoms with Crippen molar-refractivity contribution in [1.82, 2.24) is 0 Å². The van der Waals surface area contributed by atoms with Crippen LogP contribution in [0.2, 0.25) is 0 Å². The van der Waals surface area contributed by atoms with E-state index in [1.807, 2.05) is 0 Å². The lowest BCUT2D eigenvalue weighted by Gasteiger charge is -1.84. The normalized spacial score (nSPS) is 9.86. The van der Waals surface area contributed by atoms with Gasteiger partial charge in [-0.15, -0.1) is 11.7 Å². The second kappa shape index (κ2) is 4.08. The number of aliphatic imine (C=N–C) groups is 1. The molecule has 4 heteroatoms. The first-order valence-corrected chi connectivity index (χ1v) is 3.42. The topological polar surface area (TPSA) is 38.4 Å². The molecule has 2 N–H and O–H groups in total. The smallest absolute Gasteiger partial charge is 0.101 e. The van der Waals surface area contributed by atoms with Gasteiger partial charge in [0.1, 0.15) is 5.03 Å². The molecule has 0 heterocycles. The summed E-state index contributed by atoms with van der Waals surface area (Å²) >= 11 is 3.80. The van der Waals surface area contributed by atoms with E-state index < -0.39 is 0 Å². The van der Waals surface area contributed by atoms with E-state index >= 15 is 0 Å². The predicted molar refractivity (Wildman–Crippen MR) is 38.4 cm³/mol. The molecule has 0 saturated carbocycles. The second-order valence-electron chi connectivity index (χ2n) is 0.763. The Bertz CT molecular complexity index is 88.9. The highest BCUT2D eigenvalue weighted by molar-refractivity contribution is 8.70. The summed E-state index contributed by atoms with van der Waals surface area (Å²) < 4.78 is 0. The minimum Gasteiger partial charge on any atom is -0.390 e. The third-order valence-electron chi connectivity index (χ3n) is 0.324. The van der Waals surface area contributed by atoms with Gasteiger partial charge in [0.05, 0.1) is 6.34 Å². The van der Waals surface area contributed by atoms with Crippen LogP contribution in [0.3, 0.4) is 0 Å². The Labute approximate surface area is 51.7 Å². The van der Waals surface area contributed by atoms with Gasteiger partial charge in [-0.3, -0.25) is 0 Å². The number of rotatable bonds is 2. The Balaban J connectivity index is 3.37. The van der Waals surface area contributed by atoms with E-state index in [-0.39, 0.29) is 0 Å². The molecule has 0 radical (unpaired) electrons. The highest BCUT2D eigenvalue weighted by Crippen LogP contribution is 2.16. The molecule has 0 aromatic heterocycles. The lowest BCUT2D eigenvalue weighted by molar-refractivity contribution is 1.54. The van der Waals surface area contributed by atoms with Gasteiger partial charge in [-0.1, -0.05) is 6.58 Å². The first kappa shape index (κ1) is 6.91. The Morgan fingerprint density at radius 1 is 2.00 bits per heavy atom. The molecule has 0 unspecified atom stereocenters. The SMILES string of the molecule is C=C(N=CN)SS. The lowest BCUT2D eigenvalue weighted by Crippen LogP contribution is -1.86. The molecule has 0 fully saturated rings. The molecule has 0 rings (SSSR count). The van der Waals surface area contributed by atoms with Crippen LogP contribution in [-0.4, -0.2) is 6.34 Å². The number of nitrogens with two attached hydrogens (primary N) is 1. The molecule has 0 aliphatic rings. The second-order valence-corrected chi connectivity index (χ2v) is 1.96. The van der Waals surface area contributed by atoms with E-state index in [1.54, 1.807) is 0 Å². The molecule has 0 atom stereocenters. The molecule has 0 spiro atoms. The van der Waals surface area contributed by atoms with Gasteiger partial charge >= 0.3 is 0 Å². The first-order chi connectivity index (χ1) is 3.31. The highest BCUT2D eigenvalue weighted by Gasteiger charge is 1.78. The van der Waals surface area contributed by atoms with Gasteiger partial charge in [0, 0.05) is 0 Å². The molecule has 0 bridgehead atoms. The Hall–Kier alpha value is -0.0900. The Kier molecular flexibility index (Phi) is 4.03. The van der Waals surface area contributed by atoms with Crippen LogP contribution in [0.25, 0.3) is 0 Å². The van der Waals surface area contributed by atoms with Crippen molar-refractivity contribution in [3.63, 3.8) is 0 Å². The van der Waals surface area contributed by atoms with Crippen LogP contribution in [0.1, 0.15) is 0 Å². The van der Waals surface area contributed by atoms with Crippen LogP contribution in [0.4, 0.5) is 0 Å². The van der Waals surface area contributed by atoms with Crippen molar-refractivity contribution in [2.24, 2.45) is 10.7 Å².